The summed E-state index contributed by atoms with van der Waals surface area (Å²) in [6.07, 6.45) is 6.75. The summed E-state index contributed by atoms with van der Waals surface area (Å²) in [5.41, 5.74) is 5.29. The van der Waals surface area contributed by atoms with Gasteiger partial charge in [-0.1, -0.05) is 60.7 Å². The number of ether oxygens (including phenoxy) is 1. The molecule has 0 spiro atoms. The van der Waals surface area contributed by atoms with Crippen molar-refractivity contribution in [2.75, 3.05) is 32.1 Å². The molecular weight excluding hydrogens is 544 g/mol. The van der Waals surface area contributed by atoms with E-state index in [1.807, 2.05) is 24.3 Å². The van der Waals surface area contributed by atoms with Crippen molar-refractivity contribution in [1.82, 2.24) is 0 Å². The van der Waals surface area contributed by atoms with E-state index >= 15 is 0 Å². The molecule has 0 radical (unpaired) electrons. The molecule has 2 aliphatic heterocycles. The third-order valence-corrected chi connectivity index (χ3v) is 9.46. The van der Waals surface area contributed by atoms with Gasteiger partial charge in [-0.15, -0.1) is 0 Å². The average Bonchev–Trinajstić information content (AvgIpc) is 3.40. The molecule has 2 unspecified atom stereocenters. The Morgan fingerprint density at radius 3 is 2.32 bits per heavy atom. The zero-order chi connectivity index (χ0) is 31.1. The van der Waals surface area contributed by atoms with E-state index in [-0.39, 0.29) is 18.8 Å². The maximum atomic E-state index is 12.3. The molecule has 6 rings (SSSR count). The Hall–Kier alpha value is -5.20. The number of allylic oxidation sites excluding steroid dienone is 4. The van der Waals surface area contributed by atoms with Crippen LogP contribution in [0.4, 0.5) is 11.4 Å². The summed E-state index contributed by atoms with van der Waals surface area (Å²) >= 11 is 0. The van der Waals surface area contributed by atoms with E-state index in [0.29, 0.717) is 13.1 Å². The number of hydrogen-bond acceptors (Lipinski definition) is 4. The van der Waals surface area contributed by atoms with Crippen molar-refractivity contribution in [1.29, 1.82) is 5.26 Å². The number of rotatable bonds is 7. The molecule has 2 atom stereocenters. The predicted molar refractivity (Wildman–Crippen MR) is 176 cm³/mol. The first kappa shape index (κ1) is 28.9. The molecule has 0 saturated carbocycles. The first-order valence-corrected chi connectivity index (χ1v) is 14.9. The summed E-state index contributed by atoms with van der Waals surface area (Å²) in [5.74, 6) is -0.279. The fraction of sp³-hybridized carbons (Fsp3) is 0.263. The Balaban J connectivity index is 1.49. The number of carbonyl (C=O) groups is 1. The molecule has 0 aliphatic carbocycles. The van der Waals surface area contributed by atoms with Crippen LogP contribution in [0.3, 0.4) is 0 Å². The largest absolute Gasteiger partial charge is 0.469 e. The number of benzene rings is 4. The topological polar surface area (TPSA) is 60.7 Å². The summed E-state index contributed by atoms with van der Waals surface area (Å²) in [7, 11) is 3.47. The molecule has 0 aromatic heterocycles. The Morgan fingerprint density at radius 1 is 1.00 bits per heavy atom. The van der Waals surface area contributed by atoms with Crippen molar-refractivity contribution in [2.45, 2.75) is 37.5 Å². The van der Waals surface area contributed by atoms with E-state index in [0.717, 1.165) is 44.5 Å². The number of nitrogens with zero attached hydrogens (tertiary/aromatic N) is 4. The number of hydrogen-bond donors (Lipinski definition) is 0. The molecule has 4 aromatic carbocycles. The van der Waals surface area contributed by atoms with Crippen LogP contribution in [0.2, 0.25) is 0 Å². The molecule has 6 heteroatoms. The summed E-state index contributed by atoms with van der Waals surface area (Å²) in [6.45, 7) is 12.9. The van der Waals surface area contributed by atoms with Gasteiger partial charge in [-0.2, -0.15) is 9.84 Å². The maximum Gasteiger partial charge on any atom is 0.307 e. The van der Waals surface area contributed by atoms with Crippen LogP contribution in [0.5, 0.6) is 0 Å². The molecule has 218 valence electrons. The molecule has 6 nitrogen and oxygen atoms in total. The van der Waals surface area contributed by atoms with E-state index in [1.165, 1.54) is 18.1 Å². The first-order valence-electron chi connectivity index (χ1n) is 14.9. The first-order chi connectivity index (χ1) is 21.3. The highest BCUT2D eigenvalue weighted by Gasteiger charge is 2.50. The van der Waals surface area contributed by atoms with Crippen molar-refractivity contribution in [3.8, 4) is 6.07 Å². The standard InChI is InChI=1S/C38H35N4O2/c1-37(22-23-39)33(42(24-21-34(43)44-5)31-20-18-27-12-7-9-14-29(27)36(31)37)16-10-15-32-38(2,25-40-3)35-28-13-8-6-11-26(28)17-19-30(35)41(32)4/h6-20H,21-22,24-25H2,1-2,4-5H3/q+1. The molecule has 0 N–H and O–H groups in total. The van der Waals surface area contributed by atoms with Crippen LogP contribution in [0, 0.1) is 17.9 Å². The Bertz CT molecular complexity index is 2010. The zero-order valence-corrected chi connectivity index (χ0v) is 25.6. The van der Waals surface area contributed by atoms with Gasteiger partial charge in [0.05, 0.1) is 31.6 Å². The molecule has 0 fully saturated rings. The van der Waals surface area contributed by atoms with Gasteiger partial charge in [-0.3, -0.25) is 4.79 Å². The Kier molecular flexibility index (Phi) is 7.31. The molecule has 2 aliphatic rings. The number of anilines is 1. The van der Waals surface area contributed by atoms with E-state index < -0.39 is 10.8 Å². The van der Waals surface area contributed by atoms with Crippen molar-refractivity contribution >= 4 is 44.6 Å². The molecule has 4 aromatic rings. The average molecular weight is 580 g/mol. The van der Waals surface area contributed by atoms with Gasteiger partial charge < -0.3 is 14.5 Å². The van der Waals surface area contributed by atoms with Gasteiger partial charge >= 0.3 is 5.97 Å². The fourth-order valence-corrected chi connectivity index (χ4v) is 7.37. The lowest BCUT2D eigenvalue weighted by Gasteiger charge is -2.28. The van der Waals surface area contributed by atoms with Gasteiger partial charge in [-0.05, 0) is 59.2 Å². The fourth-order valence-electron chi connectivity index (χ4n) is 7.37. The highest BCUT2D eigenvalue weighted by Crippen LogP contribution is 2.53. The number of nitriles is 1. The monoisotopic (exact) mass is 579 g/mol. The molecule has 0 saturated heterocycles. The predicted octanol–water partition coefficient (Wildman–Crippen LogP) is 7.59. The summed E-state index contributed by atoms with van der Waals surface area (Å²) in [6, 6.07) is 27.6. The van der Waals surface area contributed by atoms with Crippen LogP contribution in [-0.2, 0) is 20.4 Å². The lowest BCUT2D eigenvalue weighted by atomic mass is 9.76. The van der Waals surface area contributed by atoms with Gasteiger partial charge in [0.25, 0.3) is 0 Å². The number of esters is 1. The Labute approximate surface area is 258 Å². The van der Waals surface area contributed by atoms with Gasteiger partial charge in [-0.25, -0.2) is 6.57 Å². The lowest BCUT2D eigenvalue weighted by Crippen LogP contribution is -2.33. The summed E-state index contributed by atoms with van der Waals surface area (Å²) in [4.78, 5) is 18.3. The van der Waals surface area contributed by atoms with Crippen LogP contribution in [0.15, 0.2) is 96.7 Å². The highest BCUT2D eigenvalue weighted by atomic mass is 16.5. The van der Waals surface area contributed by atoms with Crippen LogP contribution < -0.4 is 4.90 Å². The van der Waals surface area contributed by atoms with Crippen molar-refractivity contribution < 1.29 is 14.1 Å². The second-order valence-corrected chi connectivity index (χ2v) is 12.0. The molecule has 0 bridgehead atoms. The summed E-state index contributed by atoms with van der Waals surface area (Å²) in [5, 5.41) is 14.6. The normalized spacial score (nSPS) is 21.6. The van der Waals surface area contributed by atoms with Gasteiger partial charge in [0, 0.05) is 35.5 Å². The van der Waals surface area contributed by atoms with Crippen molar-refractivity contribution in [3.05, 3.63) is 119 Å². The van der Waals surface area contributed by atoms with Crippen molar-refractivity contribution in [2.24, 2.45) is 0 Å². The summed E-state index contributed by atoms with van der Waals surface area (Å²) < 4.78 is 7.18. The van der Waals surface area contributed by atoms with E-state index in [1.54, 1.807) is 0 Å². The van der Waals surface area contributed by atoms with Crippen LogP contribution in [0.25, 0.3) is 26.4 Å². The molecule has 0 amide bonds. The van der Waals surface area contributed by atoms with Crippen LogP contribution >= 0.6 is 0 Å². The maximum absolute atomic E-state index is 12.3. The smallest absolute Gasteiger partial charge is 0.307 e. The zero-order valence-electron chi connectivity index (χ0n) is 25.6. The lowest BCUT2D eigenvalue weighted by molar-refractivity contribution is -0.401. The highest BCUT2D eigenvalue weighted by molar-refractivity contribution is 6.08. The molecule has 2 heterocycles. The third-order valence-electron chi connectivity index (χ3n) is 9.46. The quantitative estimate of drug-likeness (QED) is 0.129. The third kappa shape index (κ3) is 4.38. The van der Waals surface area contributed by atoms with Gasteiger partial charge in [0.2, 0.25) is 12.2 Å². The minimum absolute atomic E-state index is 0.220. The van der Waals surface area contributed by atoms with Crippen molar-refractivity contribution in [3.63, 3.8) is 0 Å². The minimum Gasteiger partial charge on any atom is -0.469 e. The van der Waals surface area contributed by atoms with Crippen LogP contribution in [-0.4, -0.2) is 43.5 Å². The molecular formula is C38H35N4O2+. The van der Waals surface area contributed by atoms with E-state index in [9.17, 15) is 10.1 Å². The number of fused-ring (bicyclic) bond motifs is 6. The van der Waals surface area contributed by atoms with E-state index in [4.69, 9.17) is 11.3 Å². The van der Waals surface area contributed by atoms with Gasteiger partial charge in [0.1, 0.15) is 7.05 Å². The molecule has 44 heavy (non-hydrogen) atoms. The second-order valence-electron chi connectivity index (χ2n) is 12.0. The number of methoxy groups -OCH3 is 1. The SMILES string of the molecule is [C-]#[N+]CC1(C)C(/C=C/C=C2\N(CCC(=O)OC)c3ccc4ccccc4c3C2(C)CC#N)=[N+](C)c2ccc3ccccc3c21. The second kappa shape index (κ2) is 11.1. The van der Waals surface area contributed by atoms with Gasteiger partial charge in [0.15, 0.2) is 11.1 Å². The Morgan fingerprint density at radius 2 is 1.66 bits per heavy atom. The van der Waals surface area contributed by atoms with E-state index in [2.05, 4.69) is 108 Å². The van der Waals surface area contributed by atoms with Crippen LogP contribution in [0.1, 0.15) is 37.8 Å². The number of carbonyl (C=O) groups excluding carboxylic acids is 1. The minimum atomic E-state index is -0.601.